The Bertz CT molecular complexity index is 443. The summed E-state index contributed by atoms with van der Waals surface area (Å²) in [5.74, 6) is -1.03. The molecular weight excluding hydrogens is 240 g/mol. The van der Waals surface area contributed by atoms with Crippen molar-refractivity contribution in [2.24, 2.45) is 5.92 Å². The molecule has 0 aliphatic heterocycles. The number of carbonyl (C=O) groups excluding carboxylic acids is 2. The van der Waals surface area contributed by atoms with E-state index in [-0.39, 0.29) is 12.4 Å². The van der Waals surface area contributed by atoms with Crippen LogP contribution in [0, 0.1) is 5.92 Å². The molecule has 0 heterocycles. The minimum Gasteiger partial charge on any atom is -0.465 e. The summed E-state index contributed by atoms with van der Waals surface area (Å²) >= 11 is 6.09. The summed E-state index contributed by atoms with van der Waals surface area (Å²) in [4.78, 5) is 22.5. The van der Waals surface area contributed by atoms with Crippen molar-refractivity contribution in [1.29, 1.82) is 0 Å². The van der Waals surface area contributed by atoms with Gasteiger partial charge in [-0.15, -0.1) is 11.6 Å². The molecule has 0 saturated heterocycles. The summed E-state index contributed by atoms with van der Waals surface area (Å²) in [5, 5.41) is 0. The van der Waals surface area contributed by atoms with Gasteiger partial charge in [0, 0.05) is 5.56 Å². The van der Waals surface area contributed by atoms with E-state index in [1.807, 2.05) is 6.07 Å². The van der Waals surface area contributed by atoms with Crippen LogP contribution in [0.15, 0.2) is 30.3 Å². The molecular formula is C13H13ClO3. The molecule has 2 rings (SSSR count). The summed E-state index contributed by atoms with van der Waals surface area (Å²) in [7, 11) is 0. The highest BCUT2D eigenvalue weighted by Crippen LogP contribution is 2.52. The van der Waals surface area contributed by atoms with E-state index >= 15 is 0 Å². The Balaban J connectivity index is 2.08. The minimum atomic E-state index is -1.14. The molecule has 0 spiro atoms. The number of Topliss-reactive ketones (excluding diaryl/α,β-unsaturated/α-hetero) is 1. The van der Waals surface area contributed by atoms with Gasteiger partial charge in [-0.25, -0.2) is 0 Å². The molecule has 0 unspecified atom stereocenters. The molecule has 1 aromatic rings. The fourth-order valence-corrected chi connectivity index (χ4v) is 2.13. The van der Waals surface area contributed by atoms with Gasteiger partial charge >= 0.3 is 5.97 Å². The Hall–Kier alpha value is -1.35. The van der Waals surface area contributed by atoms with E-state index in [1.165, 1.54) is 0 Å². The zero-order valence-corrected chi connectivity index (χ0v) is 10.2. The third kappa shape index (κ3) is 2.20. The molecule has 1 saturated carbocycles. The molecule has 1 fully saturated rings. The summed E-state index contributed by atoms with van der Waals surface area (Å²) < 4.78 is 4.86. The number of hydrogen-bond donors (Lipinski definition) is 0. The Morgan fingerprint density at radius 1 is 1.41 bits per heavy atom. The maximum atomic E-state index is 12.0. The quantitative estimate of drug-likeness (QED) is 0.470. The Morgan fingerprint density at radius 3 is 2.65 bits per heavy atom. The molecule has 0 amide bonds. The second kappa shape index (κ2) is 4.49. The van der Waals surface area contributed by atoms with Gasteiger partial charge in [-0.05, 0) is 13.3 Å². The Morgan fingerprint density at radius 2 is 2.06 bits per heavy atom. The highest BCUT2D eigenvalue weighted by molar-refractivity contribution is 6.39. The standard InChI is InChI=1S/C13H13ClO3/c1-2-17-12(16)13(14)8-10(13)11(15)9-6-4-3-5-7-9/h3-7,10H,2,8H2,1H3/t10-,13+/m1/s1. The fraction of sp³-hybridized carbons (Fsp3) is 0.385. The lowest BCUT2D eigenvalue weighted by atomic mass is 10.1. The molecule has 1 aliphatic carbocycles. The van der Waals surface area contributed by atoms with E-state index in [0.29, 0.717) is 12.0 Å². The summed E-state index contributed by atoms with van der Waals surface area (Å²) in [5.41, 5.74) is 0.587. The molecule has 2 atom stereocenters. The molecule has 3 nitrogen and oxygen atoms in total. The van der Waals surface area contributed by atoms with Crippen molar-refractivity contribution in [2.75, 3.05) is 6.61 Å². The number of alkyl halides is 1. The molecule has 1 aliphatic rings. The van der Waals surface area contributed by atoms with Crippen molar-refractivity contribution < 1.29 is 14.3 Å². The minimum absolute atomic E-state index is 0.0892. The van der Waals surface area contributed by atoms with Gasteiger partial charge in [0.1, 0.15) is 0 Å². The zero-order valence-electron chi connectivity index (χ0n) is 9.48. The third-order valence-electron chi connectivity index (χ3n) is 2.88. The molecule has 0 bridgehead atoms. The van der Waals surface area contributed by atoms with Crippen LogP contribution in [0.25, 0.3) is 0 Å². The van der Waals surface area contributed by atoms with Gasteiger partial charge in [-0.1, -0.05) is 30.3 Å². The van der Waals surface area contributed by atoms with E-state index in [9.17, 15) is 9.59 Å². The van der Waals surface area contributed by atoms with Crippen LogP contribution >= 0.6 is 11.6 Å². The first-order valence-electron chi connectivity index (χ1n) is 5.55. The first-order valence-corrected chi connectivity index (χ1v) is 5.92. The van der Waals surface area contributed by atoms with Crippen molar-refractivity contribution >= 4 is 23.4 Å². The molecule has 1 aromatic carbocycles. The van der Waals surface area contributed by atoms with Crippen LogP contribution in [0.5, 0.6) is 0 Å². The van der Waals surface area contributed by atoms with E-state index in [2.05, 4.69) is 0 Å². The monoisotopic (exact) mass is 252 g/mol. The molecule has 0 aromatic heterocycles. The van der Waals surface area contributed by atoms with Gasteiger partial charge in [0.15, 0.2) is 10.7 Å². The van der Waals surface area contributed by atoms with Crippen LogP contribution in [0.4, 0.5) is 0 Å². The van der Waals surface area contributed by atoms with Gasteiger partial charge in [-0.2, -0.15) is 0 Å². The Labute approximate surface area is 105 Å². The Kier molecular flexibility index (Phi) is 3.20. The largest absolute Gasteiger partial charge is 0.465 e. The normalized spacial score (nSPS) is 26.4. The number of ketones is 1. The smallest absolute Gasteiger partial charge is 0.327 e. The van der Waals surface area contributed by atoms with Crippen LogP contribution < -0.4 is 0 Å². The number of benzene rings is 1. The zero-order chi connectivity index (χ0) is 12.5. The number of hydrogen-bond acceptors (Lipinski definition) is 3. The molecule has 90 valence electrons. The molecule has 0 radical (unpaired) electrons. The van der Waals surface area contributed by atoms with Gasteiger partial charge in [0.25, 0.3) is 0 Å². The topological polar surface area (TPSA) is 43.4 Å². The maximum Gasteiger partial charge on any atom is 0.327 e. The highest BCUT2D eigenvalue weighted by atomic mass is 35.5. The van der Waals surface area contributed by atoms with Crippen molar-refractivity contribution in [3.8, 4) is 0 Å². The summed E-state index contributed by atoms with van der Waals surface area (Å²) in [6, 6.07) is 8.86. The van der Waals surface area contributed by atoms with E-state index in [0.717, 1.165) is 0 Å². The van der Waals surface area contributed by atoms with Gasteiger partial charge < -0.3 is 4.74 Å². The van der Waals surface area contributed by atoms with Crippen molar-refractivity contribution in [3.63, 3.8) is 0 Å². The lowest BCUT2D eigenvalue weighted by Gasteiger charge is -2.07. The van der Waals surface area contributed by atoms with Crippen LogP contribution in [-0.2, 0) is 9.53 Å². The second-order valence-electron chi connectivity index (χ2n) is 4.07. The first kappa shape index (κ1) is 12.1. The molecule has 4 heteroatoms. The second-order valence-corrected chi connectivity index (χ2v) is 4.74. The number of rotatable bonds is 4. The highest BCUT2D eigenvalue weighted by Gasteiger charge is 2.63. The third-order valence-corrected chi connectivity index (χ3v) is 3.45. The predicted molar refractivity (Wildman–Crippen MR) is 64.1 cm³/mol. The first-order chi connectivity index (χ1) is 8.09. The van der Waals surface area contributed by atoms with E-state index < -0.39 is 16.8 Å². The average molecular weight is 253 g/mol. The fourth-order valence-electron chi connectivity index (χ4n) is 1.82. The maximum absolute atomic E-state index is 12.0. The number of halogens is 1. The van der Waals surface area contributed by atoms with Crippen LogP contribution in [-0.4, -0.2) is 23.2 Å². The lowest BCUT2D eigenvalue weighted by molar-refractivity contribution is -0.143. The molecule has 0 N–H and O–H groups in total. The van der Waals surface area contributed by atoms with Gasteiger partial charge in [0.2, 0.25) is 0 Å². The average Bonchev–Trinajstić information content (AvgIpc) is 3.04. The van der Waals surface area contributed by atoms with Gasteiger partial charge in [0.05, 0.1) is 12.5 Å². The van der Waals surface area contributed by atoms with E-state index in [1.54, 1.807) is 31.2 Å². The lowest BCUT2D eigenvalue weighted by Crippen LogP contribution is -2.24. The van der Waals surface area contributed by atoms with Crippen molar-refractivity contribution in [2.45, 2.75) is 18.2 Å². The SMILES string of the molecule is CCOC(=O)[C@]1(Cl)C[C@@H]1C(=O)c1ccccc1. The molecule has 17 heavy (non-hydrogen) atoms. The van der Waals surface area contributed by atoms with Gasteiger partial charge in [-0.3, -0.25) is 9.59 Å². The summed E-state index contributed by atoms with van der Waals surface area (Å²) in [6.07, 6.45) is 0.362. The number of ether oxygens (including phenoxy) is 1. The predicted octanol–water partition coefficient (Wildman–Crippen LogP) is 2.43. The van der Waals surface area contributed by atoms with E-state index in [4.69, 9.17) is 16.3 Å². The van der Waals surface area contributed by atoms with Crippen LogP contribution in [0.3, 0.4) is 0 Å². The van der Waals surface area contributed by atoms with Crippen molar-refractivity contribution in [1.82, 2.24) is 0 Å². The summed E-state index contributed by atoms with van der Waals surface area (Å²) in [6.45, 7) is 1.99. The van der Waals surface area contributed by atoms with Crippen LogP contribution in [0.2, 0.25) is 0 Å². The number of esters is 1. The number of carbonyl (C=O) groups is 2. The van der Waals surface area contributed by atoms with Crippen LogP contribution in [0.1, 0.15) is 23.7 Å². The van der Waals surface area contributed by atoms with Crippen molar-refractivity contribution in [3.05, 3.63) is 35.9 Å².